The maximum Gasteiger partial charge on any atom is 0.254 e. The first-order chi connectivity index (χ1) is 17.9. The summed E-state index contributed by atoms with van der Waals surface area (Å²) in [6.07, 6.45) is 3.74. The highest BCUT2D eigenvalue weighted by molar-refractivity contribution is 5.86. The lowest BCUT2D eigenvalue weighted by Crippen LogP contribution is -2.37. The molecule has 194 valence electrons. The summed E-state index contributed by atoms with van der Waals surface area (Å²) in [6, 6.07) is 23.7. The minimum Gasteiger partial charge on any atom is -0.507 e. The van der Waals surface area contributed by atoms with E-state index >= 15 is 0 Å². The fourth-order valence-electron chi connectivity index (χ4n) is 3.73. The van der Waals surface area contributed by atoms with Crippen LogP contribution in [0.15, 0.2) is 90.6 Å². The molecule has 0 aliphatic heterocycles. The summed E-state index contributed by atoms with van der Waals surface area (Å²) in [4.78, 5) is 16.4. The van der Waals surface area contributed by atoms with Crippen LogP contribution in [0.25, 0.3) is 0 Å². The highest BCUT2D eigenvalue weighted by atomic mass is 16.5. The Morgan fingerprint density at radius 2 is 1.70 bits per heavy atom. The number of benzene rings is 3. The van der Waals surface area contributed by atoms with Crippen molar-refractivity contribution < 1.29 is 14.6 Å². The number of hydrazone groups is 1. The van der Waals surface area contributed by atoms with Gasteiger partial charge in [0.1, 0.15) is 18.1 Å². The summed E-state index contributed by atoms with van der Waals surface area (Å²) in [5.74, 6) is 0.785. The van der Waals surface area contributed by atoms with Crippen molar-refractivity contribution >= 4 is 12.1 Å². The fraction of sp³-hybridized carbons (Fsp3) is 0.267. The molecule has 0 aliphatic rings. The predicted molar refractivity (Wildman–Crippen MR) is 149 cm³/mol. The van der Waals surface area contributed by atoms with Gasteiger partial charge in [0.2, 0.25) is 0 Å². The zero-order valence-corrected chi connectivity index (χ0v) is 21.6. The van der Waals surface area contributed by atoms with Crippen LogP contribution in [0.5, 0.6) is 11.5 Å². The quantitative estimate of drug-likeness (QED) is 0.197. The van der Waals surface area contributed by atoms with E-state index in [-0.39, 0.29) is 18.2 Å². The van der Waals surface area contributed by atoms with Crippen LogP contribution in [0.3, 0.4) is 0 Å². The number of ether oxygens (including phenoxy) is 1. The van der Waals surface area contributed by atoms with Crippen molar-refractivity contribution in [3.8, 4) is 11.5 Å². The second kappa shape index (κ2) is 14.6. The Hall–Kier alpha value is -3.94. The number of hydrogen-bond acceptors (Lipinski definition) is 6. The van der Waals surface area contributed by atoms with E-state index in [4.69, 9.17) is 4.74 Å². The van der Waals surface area contributed by atoms with Crippen LogP contribution in [0.4, 0.5) is 0 Å². The Morgan fingerprint density at radius 1 is 0.973 bits per heavy atom. The van der Waals surface area contributed by atoms with E-state index in [1.54, 1.807) is 12.1 Å². The molecule has 1 amide bonds. The summed E-state index contributed by atoms with van der Waals surface area (Å²) < 4.78 is 5.86. The van der Waals surface area contributed by atoms with Gasteiger partial charge in [-0.1, -0.05) is 60.7 Å². The number of para-hydroxylation sites is 1. The predicted octanol–water partition coefficient (Wildman–Crippen LogP) is 4.21. The molecule has 0 fully saturated rings. The number of phenols is 1. The average molecular weight is 501 g/mol. The van der Waals surface area contributed by atoms with Crippen LogP contribution in [-0.2, 0) is 24.4 Å². The van der Waals surface area contributed by atoms with Crippen LogP contribution >= 0.6 is 0 Å². The lowest BCUT2D eigenvalue weighted by Gasteiger charge is -2.21. The van der Waals surface area contributed by atoms with Crippen molar-refractivity contribution in [2.75, 3.05) is 33.7 Å². The Balaban J connectivity index is 1.36. The SMILES string of the molecule is C=CCc1cccc(/C=N/NC(=O)CN(C)CCN(C)Cc2ccc(OCc3ccccc3)cc2)c1O. The second-order valence-corrected chi connectivity index (χ2v) is 9.03. The maximum atomic E-state index is 12.2. The second-order valence-electron chi connectivity index (χ2n) is 9.03. The number of allylic oxidation sites excluding steroid dienone is 1. The number of carbonyl (C=O) groups excluding carboxylic acids is 1. The van der Waals surface area contributed by atoms with Crippen LogP contribution < -0.4 is 10.2 Å². The van der Waals surface area contributed by atoms with E-state index in [1.165, 1.54) is 11.8 Å². The number of amides is 1. The largest absolute Gasteiger partial charge is 0.507 e. The number of aromatic hydroxyl groups is 1. The van der Waals surface area contributed by atoms with Gasteiger partial charge < -0.3 is 14.7 Å². The molecule has 7 heteroatoms. The van der Waals surface area contributed by atoms with E-state index in [2.05, 4.69) is 41.2 Å². The number of nitrogens with one attached hydrogen (secondary N) is 1. The van der Waals surface area contributed by atoms with E-state index in [1.807, 2.05) is 66.5 Å². The third-order valence-electron chi connectivity index (χ3n) is 5.81. The molecule has 0 saturated carbocycles. The summed E-state index contributed by atoms with van der Waals surface area (Å²) in [6.45, 7) is 6.81. The molecular formula is C30H36N4O3. The van der Waals surface area contributed by atoms with Gasteiger partial charge in [-0.3, -0.25) is 9.69 Å². The molecule has 0 saturated heterocycles. The fourth-order valence-corrected chi connectivity index (χ4v) is 3.73. The molecule has 0 unspecified atom stereocenters. The third kappa shape index (κ3) is 9.56. The minimum absolute atomic E-state index is 0.148. The van der Waals surface area contributed by atoms with Crippen molar-refractivity contribution in [2.45, 2.75) is 19.6 Å². The lowest BCUT2D eigenvalue weighted by atomic mass is 10.1. The van der Waals surface area contributed by atoms with E-state index in [0.717, 1.165) is 36.5 Å². The Kier molecular flexibility index (Phi) is 10.9. The number of carbonyl (C=O) groups is 1. The zero-order valence-electron chi connectivity index (χ0n) is 21.6. The number of nitrogens with zero attached hydrogens (tertiary/aromatic N) is 3. The van der Waals surface area contributed by atoms with Crippen LogP contribution in [0.2, 0.25) is 0 Å². The molecule has 0 aliphatic carbocycles. The molecular weight excluding hydrogens is 464 g/mol. The van der Waals surface area contributed by atoms with Gasteiger partial charge in [-0.25, -0.2) is 5.43 Å². The lowest BCUT2D eigenvalue weighted by molar-refractivity contribution is -0.121. The van der Waals surface area contributed by atoms with Gasteiger partial charge in [0, 0.05) is 25.2 Å². The van der Waals surface area contributed by atoms with Gasteiger partial charge in [0.15, 0.2) is 0 Å². The molecule has 3 aromatic carbocycles. The number of hydrogen-bond donors (Lipinski definition) is 2. The highest BCUT2D eigenvalue weighted by Crippen LogP contribution is 2.21. The van der Waals surface area contributed by atoms with Gasteiger partial charge in [-0.2, -0.15) is 5.10 Å². The molecule has 3 aromatic rings. The van der Waals surface area contributed by atoms with Crippen molar-refractivity contribution in [2.24, 2.45) is 5.10 Å². The van der Waals surface area contributed by atoms with Crippen molar-refractivity contribution in [3.63, 3.8) is 0 Å². The number of likely N-dealkylation sites (N-methyl/N-ethyl adjacent to an activating group) is 2. The Bertz CT molecular complexity index is 1160. The number of rotatable bonds is 14. The van der Waals surface area contributed by atoms with Crippen LogP contribution in [0.1, 0.15) is 22.3 Å². The summed E-state index contributed by atoms with van der Waals surface area (Å²) in [7, 11) is 3.96. The standard InChI is InChI=1S/C30H36N4O3/c1-4-9-26-12-8-13-27(30(26)36)20-31-32-29(35)22-34(3)19-18-33(2)21-24-14-16-28(17-15-24)37-23-25-10-6-5-7-11-25/h4-8,10-17,20,36H,1,9,18-19,21-23H2,2-3H3,(H,32,35)/b31-20+. The summed E-state index contributed by atoms with van der Waals surface area (Å²) >= 11 is 0. The molecule has 0 spiro atoms. The first-order valence-corrected chi connectivity index (χ1v) is 12.3. The van der Waals surface area contributed by atoms with Crippen LogP contribution in [0, 0.1) is 0 Å². The first kappa shape index (κ1) is 27.6. The molecule has 3 rings (SSSR count). The smallest absolute Gasteiger partial charge is 0.254 e. The summed E-state index contributed by atoms with van der Waals surface area (Å²) in [5.41, 5.74) is 6.18. The van der Waals surface area contributed by atoms with E-state index in [9.17, 15) is 9.90 Å². The molecule has 0 heterocycles. The molecule has 37 heavy (non-hydrogen) atoms. The zero-order chi connectivity index (χ0) is 26.5. The van der Waals surface area contributed by atoms with Gasteiger partial charge in [-0.05, 0) is 55.4 Å². The first-order valence-electron chi connectivity index (χ1n) is 12.3. The van der Waals surface area contributed by atoms with Crippen molar-refractivity contribution in [1.29, 1.82) is 0 Å². The normalized spacial score (nSPS) is 11.2. The van der Waals surface area contributed by atoms with Crippen molar-refractivity contribution in [1.82, 2.24) is 15.2 Å². The molecule has 0 aromatic heterocycles. The molecule has 0 bridgehead atoms. The van der Waals surface area contributed by atoms with E-state index in [0.29, 0.717) is 18.6 Å². The van der Waals surface area contributed by atoms with Gasteiger partial charge in [-0.15, -0.1) is 6.58 Å². The van der Waals surface area contributed by atoms with Crippen LogP contribution in [-0.4, -0.2) is 60.8 Å². The molecule has 7 nitrogen and oxygen atoms in total. The van der Waals surface area contributed by atoms with Gasteiger partial charge in [0.25, 0.3) is 5.91 Å². The van der Waals surface area contributed by atoms with Gasteiger partial charge in [0.05, 0.1) is 12.8 Å². The number of phenolic OH excluding ortho intramolecular Hbond substituents is 1. The minimum atomic E-state index is -0.214. The Morgan fingerprint density at radius 3 is 2.43 bits per heavy atom. The highest BCUT2D eigenvalue weighted by Gasteiger charge is 2.09. The molecule has 2 N–H and O–H groups in total. The molecule has 0 atom stereocenters. The summed E-state index contributed by atoms with van der Waals surface area (Å²) in [5, 5.41) is 14.3. The Labute approximate surface area is 219 Å². The van der Waals surface area contributed by atoms with E-state index < -0.39 is 0 Å². The monoisotopic (exact) mass is 500 g/mol. The van der Waals surface area contributed by atoms with Crippen molar-refractivity contribution in [3.05, 3.63) is 108 Å². The van der Waals surface area contributed by atoms with Gasteiger partial charge >= 0.3 is 0 Å². The third-order valence-corrected chi connectivity index (χ3v) is 5.81. The average Bonchev–Trinajstić information content (AvgIpc) is 2.90. The topological polar surface area (TPSA) is 77.4 Å². The molecule has 0 radical (unpaired) electrons. The maximum absolute atomic E-state index is 12.2.